The van der Waals surface area contributed by atoms with Gasteiger partial charge in [0.05, 0.1) is 17.0 Å². The van der Waals surface area contributed by atoms with E-state index in [1.807, 2.05) is 0 Å². The molecule has 0 unspecified atom stereocenters. The van der Waals surface area contributed by atoms with Gasteiger partial charge in [0.1, 0.15) is 11.6 Å². The number of nitrogens with one attached hydrogen (secondary N) is 2. The molecule has 4 aromatic rings. The third-order valence-corrected chi connectivity index (χ3v) is 5.39. The molecule has 0 atom stereocenters. The van der Waals surface area contributed by atoms with E-state index in [2.05, 4.69) is 25.5 Å². The van der Waals surface area contributed by atoms with Gasteiger partial charge in [0, 0.05) is 29.6 Å². The number of halogens is 4. The van der Waals surface area contributed by atoms with Crippen molar-refractivity contribution in [3.63, 3.8) is 0 Å². The molecule has 0 fully saturated rings. The number of carbonyl (C=O) groups excluding carboxylic acids is 1. The van der Waals surface area contributed by atoms with Crippen molar-refractivity contribution in [3.05, 3.63) is 88.8 Å². The predicted octanol–water partition coefficient (Wildman–Crippen LogP) is 4.96. The first-order chi connectivity index (χ1) is 16.6. The summed E-state index contributed by atoms with van der Waals surface area (Å²) in [5, 5.41) is 10.1. The van der Waals surface area contributed by atoms with Crippen molar-refractivity contribution >= 4 is 17.5 Å². The number of hydrogen-bond acceptors (Lipinski definition) is 5. The Morgan fingerprint density at radius 2 is 1.86 bits per heavy atom. The summed E-state index contributed by atoms with van der Waals surface area (Å²) >= 11 is 0. The maximum atomic E-state index is 14.5. The zero-order valence-electron chi connectivity index (χ0n) is 18.4. The number of carbonyl (C=O) groups is 1. The molecule has 2 aromatic heterocycles. The highest BCUT2D eigenvalue weighted by Crippen LogP contribution is 2.39. The summed E-state index contributed by atoms with van der Waals surface area (Å²) in [5.41, 5.74) is 5.16. The van der Waals surface area contributed by atoms with Crippen LogP contribution in [-0.2, 0) is 19.0 Å². The predicted molar refractivity (Wildman–Crippen MR) is 121 cm³/mol. The Morgan fingerprint density at radius 3 is 2.57 bits per heavy atom. The monoisotopic (exact) mass is 484 g/mol. The molecule has 7 nitrogen and oxygen atoms in total. The Labute approximate surface area is 197 Å². The maximum absolute atomic E-state index is 14.5. The van der Waals surface area contributed by atoms with E-state index in [9.17, 15) is 22.4 Å². The number of anilines is 2. The van der Waals surface area contributed by atoms with E-state index in [-0.39, 0.29) is 28.7 Å². The van der Waals surface area contributed by atoms with Gasteiger partial charge in [0.2, 0.25) is 5.91 Å². The molecule has 11 heteroatoms. The highest BCUT2D eigenvalue weighted by molar-refractivity contribution is 6.00. The molecule has 0 saturated heterocycles. The summed E-state index contributed by atoms with van der Waals surface area (Å²) in [6.45, 7) is 1.79. The van der Waals surface area contributed by atoms with Gasteiger partial charge in [-0.15, -0.1) is 0 Å². The summed E-state index contributed by atoms with van der Waals surface area (Å²) in [7, 11) is 0. The van der Waals surface area contributed by atoms with Crippen molar-refractivity contribution in [1.29, 1.82) is 0 Å². The fourth-order valence-corrected chi connectivity index (χ4v) is 3.70. The molecule has 4 rings (SSSR count). The van der Waals surface area contributed by atoms with Gasteiger partial charge in [0.25, 0.3) is 0 Å². The molecule has 0 saturated carbocycles. The number of benzene rings is 2. The first-order valence-corrected chi connectivity index (χ1v) is 10.5. The van der Waals surface area contributed by atoms with Crippen LogP contribution in [0, 0.1) is 12.7 Å². The standard InChI is InChI=1S/C24H20F4N6O/c1-13-23(31-10-9-30-13)32-20-12-16(33-34-20)7-5-14-11-15(6-8-19(14)25)21-17(22(29)35)3-2-4-18(21)24(26,27)28/h2-4,6,8-12H,5,7H2,1H3,(H2,29,35)(H2,31,32,33,34). The quantitative estimate of drug-likeness (QED) is 0.321. The number of nitrogens with zero attached hydrogens (tertiary/aromatic N) is 3. The molecule has 2 heterocycles. The fourth-order valence-electron chi connectivity index (χ4n) is 3.70. The first-order valence-electron chi connectivity index (χ1n) is 10.5. The van der Waals surface area contributed by atoms with Crippen LogP contribution in [0.15, 0.2) is 54.9 Å². The number of aromatic amines is 1. The minimum absolute atomic E-state index is 0.0469. The van der Waals surface area contributed by atoms with Crippen LogP contribution in [0.4, 0.5) is 29.2 Å². The average molecular weight is 484 g/mol. The summed E-state index contributed by atoms with van der Waals surface area (Å²) in [5.74, 6) is -0.479. The zero-order chi connectivity index (χ0) is 25.2. The van der Waals surface area contributed by atoms with Crippen molar-refractivity contribution < 1.29 is 22.4 Å². The van der Waals surface area contributed by atoms with Crippen LogP contribution in [-0.4, -0.2) is 26.1 Å². The van der Waals surface area contributed by atoms with Crippen LogP contribution in [0.25, 0.3) is 11.1 Å². The normalized spacial score (nSPS) is 11.5. The number of nitrogens with two attached hydrogens (primary N) is 1. The van der Waals surface area contributed by atoms with Crippen molar-refractivity contribution in [3.8, 4) is 11.1 Å². The lowest BCUT2D eigenvalue weighted by Gasteiger charge is -2.17. The molecule has 0 spiro atoms. The van der Waals surface area contributed by atoms with Gasteiger partial charge >= 0.3 is 6.18 Å². The summed E-state index contributed by atoms with van der Waals surface area (Å²) in [6.07, 6.45) is -1.14. The van der Waals surface area contributed by atoms with Crippen LogP contribution >= 0.6 is 0 Å². The molecule has 4 N–H and O–H groups in total. The number of primary amides is 1. The van der Waals surface area contributed by atoms with Crippen LogP contribution < -0.4 is 11.1 Å². The molecule has 1 amide bonds. The van der Waals surface area contributed by atoms with E-state index in [4.69, 9.17) is 5.73 Å². The SMILES string of the molecule is Cc1nccnc1Nc1cc(CCc2cc(-c3c(C(N)=O)cccc3C(F)(F)F)ccc2F)n[nH]1. The van der Waals surface area contributed by atoms with Crippen molar-refractivity contribution in [2.45, 2.75) is 25.9 Å². The van der Waals surface area contributed by atoms with Gasteiger partial charge in [-0.2, -0.15) is 18.3 Å². The maximum Gasteiger partial charge on any atom is 0.417 e. The Balaban J connectivity index is 1.59. The largest absolute Gasteiger partial charge is 0.417 e. The molecule has 0 aliphatic carbocycles. The average Bonchev–Trinajstić information content (AvgIpc) is 3.26. The summed E-state index contributed by atoms with van der Waals surface area (Å²) in [6, 6.07) is 8.51. The first kappa shape index (κ1) is 23.9. The number of rotatable bonds is 7. The van der Waals surface area contributed by atoms with Gasteiger partial charge < -0.3 is 11.1 Å². The third-order valence-electron chi connectivity index (χ3n) is 5.39. The second-order valence-corrected chi connectivity index (χ2v) is 7.78. The summed E-state index contributed by atoms with van der Waals surface area (Å²) < 4.78 is 55.5. The molecule has 35 heavy (non-hydrogen) atoms. The van der Waals surface area contributed by atoms with Crippen LogP contribution in [0.3, 0.4) is 0 Å². The minimum atomic E-state index is -4.73. The van der Waals surface area contributed by atoms with E-state index in [0.717, 1.165) is 18.2 Å². The Kier molecular flexibility index (Phi) is 6.50. The third kappa shape index (κ3) is 5.29. The van der Waals surface area contributed by atoms with Crippen molar-refractivity contribution in [2.24, 2.45) is 5.73 Å². The van der Waals surface area contributed by atoms with Gasteiger partial charge in [-0.05, 0) is 55.2 Å². The fraction of sp³-hybridized carbons (Fsp3) is 0.167. The molecule has 2 aromatic carbocycles. The highest BCUT2D eigenvalue weighted by Gasteiger charge is 2.35. The van der Waals surface area contributed by atoms with Gasteiger partial charge in [-0.3, -0.25) is 14.9 Å². The van der Waals surface area contributed by atoms with Crippen molar-refractivity contribution in [1.82, 2.24) is 20.2 Å². The highest BCUT2D eigenvalue weighted by atomic mass is 19.4. The van der Waals surface area contributed by atoms with Crippen molar-refractivity contribution in [2.75, 3.05) is 5.32 Å². The Hall–Kier alpha value is -4.28. The molecule has 0 radical (unpaired) electrons. The number of aromatic nitrogens is 4. The number of H-pyrrole nitrogens is 1. The molecule has 0 aliphatic rings. The van der Waals surface area contributed by atoms with Crippen LogP contribution in [0.1, 0.15) is 32.9 Å². The molecule has 0 aliphatic heterocycles. The zero-order valence-corrected chi connectivity index (χ0v) is 18.4. The Bertz CT molecular complexity index is 1380. The van der Waals surface area contributed by atoms with Crippen LogP contribution in [0.5, 0.6) is 0 Å². The molecule has 0 bridgehead atoms. The van der Waals surface area contributed by atoms with E-state index >= 15 is 0 Å². The van der Waals surface area contributed by atoms with E-state index < -0.39 is 23.5 Å². The van der Waals surface area contributed by atoms with Crippen LogP contribution in [0.2, 0.25) is 0 Å². The van der Waals surface area contributed by atoms with E-state index in [1.165, 1.54) is 18.2 Å². The molecule has 180 valence electrons. The molecular formula is C24H20F4N6O. The summed E-state index contributed by atoms with van der Waals surface area (Å²) in [4.78, 5) is 20.2. The smallest absolute Gasteiger partial charge is 0.366 e. The minimum Gasteiger partial charge on any atom is -0.366 e. The van der Waals surface area contributed by atoms with Gasteiger partial charge in [-0.1, -0.05) is 12.1 Å². The molecular weight excluding hydrogens is 464 g/mol. The topological polar surface area (TPSA) is 110 Å². The second-order valence-electron chi connectivity index (χ2n) is 7.78. The second kappa shape index (κ2) is 9.53. The lowest BCUT2D eigenvalue weighted by molar-refractivity contribution is -0.137. The lowest BCUT2D eigenvalue weighted by atomic mass is 9.91. The van der Waals surface area contributed by atoms with E-state index in [1.54, 1.807) is 25.4 Å². The van der Waals surface area contributed by atoms with E-state index in [0.29, 0.717) is 29.4 Å². The number of hydrogen-bond donors (Lipinski definition) is 3. The Morgan fingerprint density at radius 1 is 1.09 bits per heavy atom. The number of alkyl halides is 3. The van der Waals surface area contributed by atoms with Gasteiger partial charge in [-0.25, -0.2) is 9.37 Å². The number of amides is 1. The van der Waals surface area contributed by atoms with Gasteiger partial charge in [0.15, 0.2) is 5.82 Å². The lowest BCUT2D eigenvalue weighted by Crippen LogP contribution is -2.16. The number of aryl methyl sites for hydroxylation is 3.